The lowest BCUT2D eigenvalue weighted by atomic mass is 10.2. The number of hydrogen-bond acceptors (Lipinski definition) is 6. The van der Waals surface area contributed by atoms with Gasteiger partial charge in [-0.05, 0) is 32.9 Å². The zero-order valence-electron chi connectivity index (χ0n) is 15.6. The van der Waals surface area contributed by atoms with Crippen molar-refractivity contribution < 1.29 is 23.9 Å². The Kier molecular flexibility index (Phi) is 6.30. The fourth-order valence-corrected chi connectivity index (χ4v) is 2.54. The Balaban J connectivity index is 2.09. The third kappa shape index (κ3) is 5.22. The van der Waals surface area contributed by atoms with Crippen molar-refractivity contribution in [2.24, 2.45) is 0 Å². The van der Waals surface area contributed by atoms with Crippen LogP contribution < -0.4 is 4.74 Å². The van der Waals surface area contributed by atoms with E-state index in [1.54, 1.807) is 4.90 Å². The van der Waals surface area contributed by atoms with Crippen molar-refractivity contribution in [1.29, 1.82) is 0 Å². The first-order valence-electron chi connectivity index (χ1n) is 8.24. The van der Waals surface area contributed by atoms with Gasteiger partial charge in [-0.1, -0.05) is 11.6 Å². The number of aromatic nitrogens is 1. The van der Waals surface area contributed by atoms with Gasteiger partial charge in [0.25, 0.3) is 5.91 Å². The van der Waals surface area contributed by atoms with Crippen LogP contribution in [0.3, 0.4) is 0 Å². The predicted octanol–water partition coefficient (Wildman–Crippen LogP) is 2.76. The standard InChI is InChI=1S/C17H24ClN3O5/c1-17(2,3)26-16(23)21-9-8-11(10-21)25-14-12(6-7-13(18)19-14)15(22)20(4)24-5/h6-7,11H,8-10H2,1-5H3/t11-/m0/s1. The number of carbonyl (C=O) groups is 2. The van der Waals surface area contributed by atoms with Crippen molar-refractivity contribution in [2.45, 2.75) is 38.9 Å². The average molecular weight is 386 g/mol. The van der Waals surface area contributed by atoms with E-state index in [-0.39, 0.29) is 22.7 Å². The number of pyridine rings is 1. The van der Waals surface area contributed by atoms with Gasteiger partial charge in [-0.2, -0.15) is 0 Å². The molecule has 8 nitrogen and oxygen atoms in total. The lowest BCUT2D eigenvalue weighted by Gasteiger charge is -2.24. The van der Waals surface area contributed by atoms with Crippen LogP contribution >= 0.6 is 11.6 Å². The fourth-order valence-electron chi connectivity index (χ4n) is 2.40. The topological polar surface area (TPSA) is 81.2 Å². The van der Waals surface area contributed by atoms with E-state index in [1.165, 1.54) is 26.3 Å². The molecular weight excluding hydrogens is 362 g/mol. The molecule has 0 aromatic carbocycles. The highest BCUT2D eigenvalue weighted by Gasteiger charge is 2.32. The molecule has 0 aliphatic carbocycles. The minimum atomic E-state index is -0.561. The van der Waals surface area contributed by atoms with E-state index >= 15 is 0 Å². The molecular formula is C17H24ClN3O5. The molecule has 0 radical (unpaired) electrons. The Morgan fingerprint density at radius 2 is 2.04 bits per heavy atom. The highest BCUT2D eigenvalue weighted by molar-refractivity contribution is 6.29. The van der Waals surface area contributed by atoms with Gasteiger partial charge < -0.3 is 14.4 Å². The number of hydroxylamine groups is 2. The molecule has 0 bridgehead atoms. The van der Waals surface area contributed by atoms with E-state index in [0.29, 0.717) is 19.5 Å². The van der Waals surface area contributed by atoms with Gasteiger partial charge in [-0.3, -0.25) is 9.63 Å². The van der Waals surface area contributed by atoms with Crippen LogP contribution in [0.5, 0.6) is 5.88 Å². The number of likely N-dealkylation sites (tertiary alicyclic amines) is 1. The first-order chi connectivity index (χ1) is 12.1. The molecule has 1 aromatic rings. The summed E-state index contributed by atoms with van der Waals surface area (Å²) in [5.74, 6) is -0.295. The minimum Gasteiger partial charge on any atom is -0.472 e. The van der Waals surface area contributed by atoms with E-state index in [2.05, 4.69) is 4.98 Å². The number of ether oxygens (including phenoxy) is 2. The molecule has 1 atom stereocenters. The maximum absolute atomic E-state index is 12.4. The summed E-state index contributed by atoms with van der Waals surface area (Å²) in [5.41, 5.74) is -0.330. The Morgan fingerprint density at radius 3 is 2.65 bits per heavy atom. The molecule has 0 saturated carbocycles. The second-order valence-corrected chi connectivity index (χ2v) is 7.31. The van der Waals surface area contributed by atoms with Gasteiger partial charge in [-0.15, -0.1) is 0 Å². The molecule has 9 heteroatoms. The van der Waals surface area contributed by atoms with Crippen molar-refractivity contribution in [3.05, 3.63) is 22.8 Å². The van der Waals surface area contributed by atoms with Gasteiger partial charge in [0.1, 0.15) is 22.4 Å². The van der Waals surface area contributed by atoms with Gasteiger partial charge in [0.2, 0.25) is 5.88 Å². The molecule has 2 rings (SSSR count). The monoisotopic (exact) mass is 385 g/mol. The summed E-state index contributed by atoms with van der Waals surface area (Å²) in [4.78, 5) is 35.1. The number of hydrogen-bond donors (Lipinski definition) is 0. The third-order valence-electron chi connectivity index (χ3n) is 3.69. The highest BCUT2D eigenvalue weighted by Crippen LogP contribution is 2.25. The lowest BCUT2D eigenvalue weighted by Crippen LogP contribution is -2.36. The van der Waals surface area contributed by atoms with Crippen molar-refractivity contribution in [3.8, 4) is 5.88 Å². The van der Waals surface area contributed by atoms with Crippen LogP contribution in [0, 0.1) is 0 Å². The van der Waals surface area contributed by atoms with E-state index < -0.39 is 17.6 Å². The molecule has 2 heterocycles. The van der Waals surface area contributed by atoms with Gasteiger partial charge in [0.15, 0.2) is 0 Å². The summed E-state index contributed by atoms with van der Waals surface area (Å²) in [6, 6.07) is 3.04. The molecule has 1 aliphatic rings. The van der Waals surface area contributed by atoms with E-state index in [1.807, 2.05) is 20.8 Å². The second-order valence-electron chi connectivity index (χ2n) is 6.93. The number of halogens is 1. The van der Waals surface area contributed by atoms with E-state index in [9.17, 15) is 9.59 Å². The quantitative estimate of drug-likeness (QED) is 0.585. The van der Waals surface area contributed by atoms with Crippen LogP contribution in [0.25, 0.3) is 0 Å². The maximum Gasteiger partial charge on any atom is 0.410 e. The van der Waals surface area contributed by atoms with Crippen LogP contribution in [0.15, 0.2) is 12.1 Å². The van der Waals surface area contributed by atoms with Crippen LogP contribution in [0.1, 0.15) is 37.6 Å². The molecule has 1 saturated heterocycles. The minimum absolute atomic E-state index is 0.113. The van der Waals surface area contributed by atoms with E-state index in [4.69, 9.17) is 25.9 Å². The maximum atomic E-state index is 12.4. The Hall–Kier alpha value is -2.06. The van der Waals surface area contributed by atoms with Gasteiger partial charge >= 0.3 is 6.09 Å². The molecule has 26 heavy (non-hydrogen) atoms. The first kappa shape index (κ1) is 20.3. The predicted molar refractivity (Wildman–Crippen MR) is 95.2 cm³/mol. The molecule has 2 amide bonds. The third-order valence-corrected chi connectivity index (χ3v) is 3.90. The Morgan fingerprint density at radius 1 is 1.35 bits per heavy atom. The first-order valence-corrected chi connectivity index (χ1v) is 8.62. The van der Waals surface area contributed by atoms with Crippen LogP contribution in [0.4, 0.5) is 4.79 Å². The fraction of sp³-hybridized carbons (Fsp3) is 0.588. The molecule has 144 valence electrons. The van der Waals surface area contributed by atoms with Gasteiger partial charge in [-0.25, -0.2) is 14.8 Å². The number of rotatable bonds is 4. The summed E-state index contributed by atoms with van der Waals surface area (Å²) < 4.78 is 11.2. The van der Waals surface area contributed by atoms with Gasteiger partial charge in [0, 0.05) is 20.0 Å². The summed E-state index contributed by atoms with van der Waals surface area (Å²) in [6.07, 6.45) is -0.104. The molecule has 1 aliphatic heterocycles. The number of carbonyl (C=O) groups excluding carboxylic acids is 2. The SMILES string of the molecule is CON(C)C(=O)c1ccc(Cl)nc1O[C@H]1CCN(C(=O)OC(C)(C)C)C1. The summed E-state index contributed by atoms with van der Waals surface area (Å²) in [6.45, 7) is 6.29. The largest absolute Gasteiger partial charge is 0.472 e. The summed E-state index contributed by atoms with van der Waals surface area (Å²) in [5, 5.41) is 1.28. The van der Waals surface area contributed by atoms with Crippen LogP contribution in [-0.4, -0.2) is 65.9 Å². The normalized spacial score (nSPS) is 17.2. The van der Waals surface area contributed by atoms with Crippen LogP contribution in [-0.2, 0) is 9.57 Å². The Bertz CT molecular complexity index is 677. The molecule has 0 N–H and O–H groups in total. The number of nitrogens with zero attached hydrogens (tertiary/aromatic N) is 3. The number of amides is 2. The second kappa shape index (κ2) is 8.09. The van der Waals surface area contributed by atoms with Crippen molar-refractivity contribution in [1.82, 2.24) is 14.9 Å². The van der Waals surface area contributed by atoms with Gasteiger partial charge in [0.05, 0.1) is 13.7 Å². The highest BCUT2D eigenvalue weighted by atomic mass is 35.5. The zero-order valence-corrected chi connectivity index (χ0v) is 16.4. The molecule has 1 aromatic heterocycles. The van der Waals surface area contributed by atoms with Crippen molar-refractivity contribution in [2.75, 3.05) is 27.2 Å². The summed E-state index contributed by atoms with van der Waals surface area (Å²) in [7, 11) is 2.87. The van der Waals surface area contributed by atoms with E-state index in [0.717, 1.165) is 5.06 Å². The molecule has 1 fully saturated rings. The van der Waals surface area contributed by atoms with Crippen LogP contribution in [0.2, 0.25) is 5.15 Å². The average Bonchev–Trinajstić information content (AvgIpc) is 3.01. The van der Waals surface area contributed by atoms with Crippen molar-refractivity contribution >= 4 is 23.6 Å². The molecule has 0 spiro atoms. The zero-order chi connectivity index (χ0) is 19.5. The Labute approximate surface area is 157 Å². The van der Waals surface area contributed by atoms with Crippen molar-refractivity contribution in [3.63, 3.8) is 0 Å². The smallest absolute Gasteiger partial charge is 0.410 e. The summed E-state index contributed by atoms with van der Waals surface area (Å²) >= 11 is 5.94. The molecule has 0 unspecified atom stereocenters. The lowest BCUT2D eigenvalue weighted by molar-refractivity contribution is -0.0759.